The van der Waals surface area contributed by atoms with Crippen molar-refractivity contribution in [2.24, 2.45) is 0 Å². The fourth-order valence-corrected chi connectivity index (χ4v) is 3.99. The van der Waals surface area contributed by atoms with Gasteiger partial charge < -0.3 is 5.32 Å². The van der Waals surface area contributed by atoms with E-state index in [4.69, 9.17) is 0 Å². The molecule has 3 aromatic rings. The van der Waals surface area contributed by atoms with Gasteiger partial charge in [-0.05, 0) is 31.0 Å². The molecule has 0 fully saturated rings. The van der Waals surface area contributed by atoms with Crippen LogP contribution in [-0.2, 0) is 6.54 Å². The van der Waals surface area contributed by atoms with E-state index in [1.807, 2.05) is 37.3 Å². The lowest BCUT2D eigenvalue weighted by Crippen LogP contribution is -2.20. The Balaban J connectivity index is 1.87. The summed E-state index contributed by atoms with van der Waals surface area (Å²) in [5, 5.41) is 3.44. The minimum Gasteiger partial charge on any atom is -0.321 e. The Hall–Kier alpha value is -2.47. The summed E-state index contributed by atoms with van der Waals surface area (Å²) in [6.07, 6.45) is 6.01. The van der Waals surface area contributed by atoms with Crippen LogP contribution in [-0.4, -0.2) is 15.5 Å². The minimum absolute atomic E-state index is 0.0565. The number of fused-ring (bicyclic) bond motifs is 1. The molecule has 0 aliphatic heterocycles. The van der Waals surface area contributed by atoms with Gasteiger partial charge in [-0.1, -0.05) is 44.4 Å². The first kappa shape index (κ1) is 18.3. The molecule has 2 heterocycles. The molecule has 2 aromatic heterocycles. The Morgan fingerprint density at radius 1 is 1.19 bits per heavy atom. The number of nitrogens with one attached hydrogen (secondary N) is 1. The highest BCUT2D eigenvalue weighted by molar-refractivity contribution is 7.20. The second-order valence-electron chi connectivity index (χ2n) is 6.36. The second kappa shape index (κ2) is 8.27. The van der Waals surface area contributed by atoms with E-state index < -0.39 is 0 Å². The zero-order valence-electron chi connectivity index (χ0n) is 15.1. The van der Waals surface area contributed by atoms with Gasteiger partial charge in [0.1, 0.15) is 4.83 Å². The van der Waals surface area contributed by atoms with E-state index in [1.165, 1.54) is 17.8 Å². The number of para-hydroxylation sites is 1. The number of amides is 1. The summed E-state index contributed by atoms with van der Waals surface area (Å²) in [5.74, 6) is -0.203. The molecule has 0 radical (unpaired) electrons. The van der Waals surface area contributed by atoms with Crippen molar-refractivity contribution in [3.63, 3.8) is 0 Å². The van der Waals surface area contributed by atoms with Gasteiger partial charge in [-0.3, -0.25) is 14.2 Å². The van der Waals surface area contributed by atoms with Gasteiger partial charge in [0.25, 0.3) is 11.5 Å². The number of aromatic nitrogens is 2. The molecule has 0 aliphatic rings. The predicted octanol–water partition coefficient (Wildman–Crippen LogP) is 4.60. The van der Waals surface area contributed by atoms with Gasteiger partial charge in [-0.2, -0.15) is 0 Å². The highest BCUT2D eigenvalue weighted by Crippen LogP contribution is 2.27. The van der Waals surface area contributed by atoms with Gasteiger partial charge in [0.05, 0.1) is 16.6 Å². The largest absolute Gasteiger partial charge is 0.321 e. The summed E-state index contributed by atoms with van der Waals surface area (Å²) < 4.78 is 1.66. The monoisotopic (exact) mass is 369 g/mol. The molecule has 3 rings (SSSR count). The maximum atomic E-state index is 12.8. The van der Waals surface area contributed by atoms with Crippen LogP contribution in [0.5, 0.6) is 0 Å². The van der Waals surface area contributed by atoms with Crippen molar-refractivity contribution in [1.29, 1.82) is 0 Å². The lowest BCUT2D eigenvalue weighted by Gasteiger charge is -2.05. The average molecular weight is 369 g/mol. The Morgan fingerprint density at radius 2 is 1.96 bits per heavy atom. The number of aryl methyl sites for hydroxylation is 2. The molecule has 0 bridgehead atoms. The zero-order chi connectivity index (χ0) is 18.5. The van der Waals surface area contributed by atoms with E-state index in [9.17, 15) is 9.59 Å². The Bertz CT molecular complexity index is 960. The van der Waals surface area contributed by atoms with Crippen LogP contribution in [0.25, 0.3) is 10.2 Å². The number of hydrogen-bond acceptors (Lipinski definition) is 4. The topological polar surface area (TPSA) is 64.0 Å². The van der Waals surface area contributed by atoms with Crippen molar-refractivity contribution in [3.05, 3.63) is 57.5 Å². The Kier molecular flexibility index (Phi) is 5.83. The number of rotatable bonds is 7. The van der Waals surface area contributed by atoms with E-state index in [0.29, 0.717) is 27.2 Å². The first-order valence-electron chi connectivity index (χ1n) is 8.96. The van der Waals surface area contributed by atoms with Crippen LogP contribution in [0, 0.1) is 6.92 Å². The number of carbonyl (C=O) groups excluding carboxylic acids is 1. The maximum absolute atomic E-state index is 12.8. The lowest BCUT2D eigenvalue weighted by atomic mass is 10.2. The molecular formula is C20H23N3O2S. The van der Waals surface area contributed by atoms with E-state index in [2.05, 4.69) is 17.2 Å². The lowest BCUT2D eigenvalue weighted by molar-refractivity contribution is 0.103. The van der Waals surface area contributed by atoms with Gasteiger partial charge in [-0.25, -0.2) is 4.98 Å². The van der Waals surface area contributed by atoms with Gasteiger partial charge >= 0.3 is 0 Å². The van der Waals surface area contributed by atoms with Gasteiger partial charge in [0, 0.05) is 12.2 Å². The molecule has 0 aliphatic carbocycles. The summed E-state index contributed by atoms with van der Waals surface area (Å²) in [6.45, 7) is 4.66. The molecule has 26 heavy (non-hydrogen) atoms. The highest BCUT2D eigenvalue weighted by Gasteiger charge is 2.19. The molecule has 0 unspecified atom stereocenters. The van der Waals surface area contributed by atoms with Crippen molar-refractivity contribution in [2.45, 2.75) is 46.1 Å². The van der Waals surface area contributed by atoms with Crippen LogP contribution in [0.4, 0.5) is 5.69 Å². The molecule has 0 spiro atoms. The van der Waals surface area contributed by atoms with Crippen molar-refractivity contribution in [2.75, 3.05) is 5.32 Å². The molecule has 6 heteroatoms. The van der Waals surface area contributed by atoms with Gasteiger partial charge in [0.15, 0.2) is 0 Å². The molecule has 1 aromatic carbocycles. The Morgan fingerprint density at radius 3 is 2.69 bits per heavy atom. The smallest absolute Gasteiger partial charge is 0.266 e. The standard InChI is InChI=1S/C20H23N3O2S/c1-3-4-5-9-12-23-13-21-19-16(20(23)25)14(2)17(26-19)18(24)22-15-10-7-6-8-11-15/h6-8,10-11,13H,3-5,9,12H2,1-2H3,(H,22,24). The van der Waals surface area contributed by atoms with Crippen molar-refractivity contribution < 1.29 is 4.79 Å². The highest BCUT2D eigenvalue weighted by atomic mass is 32.1. The number of nitrogens with zero attached hydrogens (tertiary/aromatic N) is 2. The molecule has 136 valence electrons. The van der Waals surface area contributed by atoms with Crippen molar-refractivity contribution in [3.8, 4) is 0 Å². The van der Waals surface area contributed by atoms with Crippen LogP contribution >= 0.6 is 11.3 Å². The van der Waals surface area contributed by atoms with Crippen LogP contribution < -0.4 is 10.9 Å². The van der Waals surface area contributed by atoms with E-state index in [1.54, 1.807) is 10.9 Å². The van der Waals surface area contributed by atoms with Crippen molar-refractivity contribution in [1.82, 2.24) is 9.55 Å². The quantitative estimate of drug-likeness (QED) is 0.619. The van der Waals surface area contributed by atoms with E-state index in [-0.39, 0.29) is 11.5 Å². The molecule has 0 atom stereocenters. The fraction of sp³-hybridized carbons (Fsp3) is 0.350. The maximum Gasteiger partial charge on any atom is 0.266 e. The van der Waals surface area contributed by atoms with Gasteiger partial charge in [-0.15, -0.1) is 11.3 Å². The number of thiophene rings is 1. The molecule has 0 saturated heterocycles. The third-order valence-corrected chi connectivity index (χ3v) is 5.61. The normalized spacial score (nSPS) is 11.0. The number of carbonyl (C=O) groups is 1. The molecular weight excluding hydrogens is 346 g/mol. The van der Waals surface area contributed by atoms with Gasteiger partial charge in [0.2, 0.25) is 0 Å². The van der Waals surface area contributed by atoms with Crippen LogP contribution in [0.15, 0.2) is 41.5 Å². The van der Waals surface area contributed by atoms with E-state index in [0.717, 1.165) is 24.9 Å². The van der Waals surface area contributed by atoms with Crippen LogP contribution in [0.3, 0.4) is 0 Å². The first-order chi connectivity index (χ1) is 12.6. The molecule has 1 N–H and O–H groups in total. The summed E-state index contributed by atoms with van der Waals surface area (Å²) in [7, 11) is 0. The molecule has 5 nitrogen and oxygen atoms in total. The third kappa shape index (κ3) is 3.85. The molecule has 1 amide bonds. The van der Waals surface area contributed by atoms with Crippen LogP contribution in [0.1, 0.15) is 47.8 Å². The average Bonchev–Trinajstić information content (AvgIpc) is 2.99. The summed E-state index contributed by atoms with van der Waals surface area (Å²) in [4.78, 5) is 31.0. The predicted molar refractivity (Wildman–Crippen MR) is 107 cm³/mol. The van der Waals surface area contributed by atoms with Crippen LogP contribution in [0.2, 0.25) is 0 Å². The fourth-order valence-electron chi connectivity index (χ4n) is 2.95. The number of unbranched alkanes of at least 4 members (excludes halogenated alkanes) is 3. The molecule has 0 saturated carbocycles. The zero-order valence-corrected chi connectivity index (χ0v) is 15.9. The van der Waals surface area contributed by atoms with Crippen molar-refractivity contribution >= 4 is 33.1 Å². The number of anilines is 1. The number of hydrogen-bond donors (Lipinski definition) is 1. The SMILES string of the molecule is CCCCCCn1cnc2sc(C(=O)Nc3ccccc3)c(C)c2c1=O. The summed E-state index contributed by atoms with van der Waals surface area (Å²) in [5.41, 5.74) is 1.38. The Labute approximate surface area is 156 Å². The third-order valence-electron chi connectivity index (χ3n) is 4.41. The van der Waals surface area contributed by atoms with E-state index >= 15 is 0 Å². The number of benzene rings is 1. The summed E-state index contributed by atoms with van der Waals surface area (Å²) >= 11 is 1.27. The second-order valence-corrected chi connectivity index (χ2v) is 7.36. The summed E-state index contributed by atoms with van der Waals surface area (Å²) in [6, 6.07) is 9.30. The first-order valence-corrected chi connectivity index (χ1v) is 9.78. The minimum atomic E-state index is -0.203.